The first kappa shape index (κ1) is 15.0. The van der Waals surface area contributed by atoms with Crippen LogP contribution in [0.2, 0.25) is 0 Å². The Hall–Kier alpha value is -1.35. The van der Waals surface area contributed by atoms with Crippen molar-refractivity contribution < 1.29 is 9.90 Å². The number of aliphatic hydroxyl groups is 1. The number of nitrogens with one attached hydrogen (secondary N) is 1. The lowest BCUT2D eigenvalue weighted by Crippen LogP contribution is -2.45. The van der Waals surface area contributed by atoms with Crippen LogP contribution in [0.4, 0.5) is 0 Å². The van der Waals surface area contributed by atoms with Crippen LogP contribution in [0.3, 0.4) is 0 Å². The standard InChI is InChI=1S/C17H25NO2/c1-16(2,3)11-14(12-19)18-15(20)17(9-10-17)13-7-5-4-6-8-13/h4-8,14,19H,9-12H2,1-3H3,(H,18,20). The first-order valence-electron chi connectivity index (χ1n) is 7.35. The summed E-state index contributed by atoms with van der Waals surface area (Å²) in [4.78, 5) is 12.6. The van der Waals surface area contributed by atoms with E-state index in [1.54, 1.807) is 0 Å². The quantitative estimate of drug-likeness (QED) is 0.868. The number of carbonyl (C=O) groups excluding carboxylic acids is 1. The van der Waals surface area contributed by atoms with E-state index in [1.807, 2.05) is 30.3 Å². The first-order chi connectivity index (χ1) is 9.37. The zero-order valence-electron chi connectivity index (χ0n) is 12.6. The molecule has 1 fully saturated rings. The predicted octanol–water partition coefficient (Wildman–Crippen LogP) is 2.63. The van der Waals surface area contributed by atoms with Crippen LogP contribution in [0.25, 0.3) is 0 Å². The molecule has 2 N–H and O–H groups in total. The summed E-state index contributed by atoms with van der Waals surface area (Å²) in [5.41, 5.74) is 0.821. The smallest absolute Gasteiger partial charge is 0.230 e. The molecule has 1 aliphatic rings. The molecule has 20 heavy (non-hydrogen) atoms. The maximum atomic E-state index is 12.6. The molecule has 1 unspecified atom stereocenters. The second-order valence-corrected chi connectivity index (χ2v) is 7.07. The van der Waals surface area contributed by atoms with Gasteiger partial charge in [0.15, 0.2) is 0 Å². The average molecular weight is 275 g/mol. The van der Waals surface area contributed by atoms with E-state index in [-0.39, 0.29) is 29.4 Å². The molecule has 1 aromatic rings. The van der Waals surface area contributed by atoms with E-state index in [1.165, 1.54) is 0 Å². The minimum atomic E-state index is -0.355. The minimum absolute atomic E-state index is 0.00607. The molecule has 1 atom stereocenters. The van der Waals surface area contributed by atoms with E-state index in [4.69, 9.17) is 0 Å². The Bertz CT molecular complexity index is 458. The summed E-state index contributed by atoms with van der Waals surface area (Å²) in [6.45, 7) is 6.34. The molecule has 3 heteroatoms. The van der Waals surface area contributed by atoms with Gasteiger partial charge in [0.1, 0.15) is 0 Å². The van der Waals surface area contributed by atoms with Crippen LogP contribution >= 0.6 is 0 Å². The fraction of sp³-hybridized carbons (Fsp3) is 0.588. The fourth-order valence-electron chi connectivity index (χ4n) is 2.75. The van der Waals surface area contributed by atoms with Gasteiger partial charge in [-0.2, -0.15) is 0 Å². The summed E-state index contributed by atoms with van der Waals surface area (Å²) in [5, 5.41) is 12.5. The van der Waals surface area contributed by atoms with Crippen LogP contribution in [0.15, 0.2) is 30.3 Å². The largest absolute Gasteiger partial charge is 0.394 e. The maximum absolute atomic E-state index is 12.6. The lowest BCUT2D eigenvalue weighted by molar-refractivity contribution is -0.124. The maximum Gasteiger partial charge on any atom is 0.230 e. The summed E-state index contributed by atoms with van der Waals surface area (Å²) in [7, 11) is 0. The zero-order valence-corrected chi connectivity index (χ0v) is 12.6. The second-order valence-electron chi connectivity index (χ2n) is 7.07. The molecule has 3 nitrogen and oxygen atoms in total. The van der Waals surface area contributed by atoms with Gasteiger partial charge < -0.3 is 10.4 Å². The van der Waals surface area contributed by atoms with Crippen LogP contribution < -0.4 is 5.32 Å². The molecule has 0 aliphatic heterocycles. The summed E-state index contributed by atoms with van der Waals surface area (Å²) in [6.07, 6.45) is 2.58. The van der Waals surface area contributed by atoms with Crippen molar-refractivity contribution in [2.75, 3.05) is 6.61 Å². The lowest BCUT2D eigenvalue weighted by Gasteiger charge is -2.27. The minimum Gasteiger partial charge on any atom is -0.394 e. The van der Waals surface area contributed by atoms with Crippen LogP contribution in [0.5, 0.6) is 0 Å². The number of hydrogen-bond acceptors (Lipinski definition) is 2. The highest BCUT2D eigenvalue weighted by Gasteiger charge is 2.51. The van der Waals surface area contributed by atoms with Gasteiger partial charge in [-0.25, -0.2) is 0 Å². The SMILES string of the molecule is CC(C)(C)CC(CO)NC(=O)C1(c2ccccc2)CC1. The van der Waals surface area contributed by atoms with E-state index >= 15 is 0 Å². The number of benzene rings is 1. The molecule has 0 heterocycles. The monoisotopic (exact) mass is 275 g/mol. The fourth-order valence-corrected chi connectivity index (χ4v) is 2.75. The highest BCUT2D eigenvalue weighted by molar-refractivity contribution is 5.91. The van der Waals surface area contributed by atoms with Crippen molar-refractivity contribution in [3.8, 4) is 0 Å². The first-order valence-corrected chi connectivity index (χ1v) is 7.35. The third-order valence-electron chi connectivity index (χ3n) is 3.93. The van der Waals surface area contributed by atoms with Gasteiger partial charge in [0.05, 0.1) is 18.1 Å². The highest BCUT2D eigenvalue weighted by Crippen LogP contribution is 2.48. The number of rotatable bonds is 5. The Morgan fingerprint density at radius 1 is 1.30 bits per heavy atom. The van der Waals surface area contributed by atoms with E-state index in [0.717, 1.165) is 24.8 Å². The Morgan fingerprint density at radius 3 is 2.35 bits per heavy atom. The van der Waals surface area contributed by atoms with Gasteiger partial charge in [-0.05, 0) is 30.2 Å². The Balaban J connectivity index is 2.05. The molecule has 1 amide bonds. The molecule has 1 aliphatic carbocycles. The Kier molecular flexibility index (Phi) is 4.19. The molecule has 0 radical (unpaired) electrons. The zero-order chi connectivity index (χ0) is 14.8. The van der Waals surface area contributed by atoms with Crippen molar-refractivity contribution in [1.29, 1.82) is 0 Å². The van der Waals surface area contributed by atoms with Gasteiger partial charge in [-0.15, -0.1) is 0 Å². The molecule has 0 spiro atoms. The molecule has 0 aromatic heterocycles. The molecule has 0 bridgehead atoms. The van der Waals surface area contributed by atoms with Gasteiger partial charge in [0.2, 0.25) is 5.91 Å². The number of aliphatic hydroxyl groups excluding tert-OH is 1. The Labute approximate surface area is 121 Å². The van der Waals surface area contributed by atoms with E-state index in [9.17, 15) is 9.90 Å². The number of amides is 1. The normalized spacial score (nSPS) is 18.4. The molecule has 0 saturated heterocycles. The number of carbonyl (C=O) groups is 1. The van der Waals surface area contributed by atoms with Crippen molar-refractivity contribution in [1.82, 2.24) is 5.32 Å². The van der Waals surface area contributed by atoms with Crippen molar-refractivity contribution >= 4 is 5.91 Å². The summed E-state index contributed by atoms with van der Waals surface area (Å²) in [5.74, 6) is 0.0620. The summed E-state index contributed by atoms with van der Waals surface area (Å²) < 4.78 is 0. The molecule has 1 aromatic carbocycles. The third kappa shape index (κ3) is 3.40. The highest BCUT2D eigenvalue weighted by atomic mass is 16.3. The molecule has 110 valence electrons. The van der Waals surface area contributed by atoms with E-state index in [0.29, 0.717) is 0 Å². The van der Waals surface area contributed by atoms with E-state index < -0.39 is 0 Å². The van der Waals surface area contributed by atoms with Crippen molar-refractivity contribution in [3.63, 3.8) is 0 Å². The lowest BCUT2D eigenvalue weighted by atomic mass is 9.87. The van der Waals surface area contributed by atoms with Gasteiger partial charge in [0.25, 0.3) is 0 Å². The Morgan fingerprint density at radius 2 is 1.90 bits per heavy atom. The average Bonchev–Trinajstić information content (AvgIpc) is 3.19. The van der Waals surface area contributed by atoms with Crippen LogP contribution in [0.1, 0.15) is 45.6 Å². The van der Waals surface area contributed by atoms with Crippen LogP contribution in [-0.2, 0) is 10.2 Å². The van der Waals surface area contributed by atoms with Gasteiger partial charge in [-0.3, -0.25) is 4.79 Å². The molecular formula is C17H25NO2. The van der Waals surface area contributed by atoms with Gasteiger partial charge in [-0.1, -0.05) is 51.1 Å². The summed E-state index contributed by atoms with van der Waals surface area (Å²) in [6, 6.07) is 9.79. The van der Waals surface area contributed by atoms with Crippen molar-refractivity contribution in [3.05, 3.63) is 35.9 Å². The third-order valence-corrected chi connectivity index (χ3v) is 3.93. The molecular weight excluding hydrogens is 250 g/mol. The molecule has 1 saturated carbocycles. The molecule has 2 rings (SSSR count). The van der Waals surface area contributed by atoms with Crippen LogP contribution in [0, 0.1) is 5.41 Å². The van der Waals surface area contributed by atoms with Crippen molar-refractivity contribution in [2.45, 2.75) is 51.5 Å². The predicted molar refractivity (Wildman–Crippen MR) is 80.4 cm³/mol. The topological polar surface area (TPSA) is 49.3 Å². The van der Waals surface area contributed by atoms with Crippen molar-refractivity contribution in [2.24, 2.45) is 5.41 Å². The van der Waals surface area contributed by atoms with Crippen LogP contribution in [-0.4, -0.2) is 23.7 Å². The number of hydrogen-bond donors (Lipinski definition) is 2. The van der Waals surface area contributed by atoms with Gasteiger partial charge >= 0.3 is 0 Å². The summed E-state index contributed by atoms with van der Waals surface area (Å²) >= 11 is 0. The van der Waals surface area contributed by atoms with Gasteiger partial charge in [0, 0.05) is 0 Å². The van der Waals surface area contributed by atoms with E-state index in [2.05, 4.69) is 26.1 Å². The second kappa shape index (κ2) is 5.57.